The van der Waals surface area contributed by atoms with Gasteiger partial charge in [0, 0.05) is 13.3 Å². The van der Waals surface area contributed by atoms with E-state index in [1.165, 1.54) is 12.5 Å². The summed E-state index contributed by atoms with van der Waals surface area (Å²) in [6.45, 7) is 3.52. The zero-order chi connectivity index (χ0) is 7.56. The van der Waals surface area contributed by atoms with E-state index in [9.17, 15) is 4.79 Å². The molecule has 1 aliphatic carbocycles. The van der Waals surface area contributed by atoms with Gasteiger partial charge in [0.25, 0.3) is 0 Å². The molecule has 1 aliphatic rings. The lowest BCUT2D eigenvalue weighted by molar-refractivity contribution is -0.137. The Labute approximate surface area is 60.9 Å². The highest BCUT2D eigenvalue weighted by Gasteiger charge is 2.17. The summed E-state index contributed by atoms with van der Waals surface area (Å²) in [4.78, 5) is 10.5. The van der Waals surface area contributed by atoms with Gasteiger partial charge in [-0.3, -0.25) is 4.79 Å². The SMILES string of the molecule is CCC1=C(OC(C)=O)CC1. The van der Waals surface area contributed by atoms with Crippen LogP contribution >= 0.6 is 0 Å². The molecule has 0 radical (unpaired) electrons. The molecule has 0 amide bonds. The quantitative estimate of drug-likeness (QED) is 0.548. The number of hydrogen-bond donors (Lipinski definition) is 0. The number of hydrogen-bond acceptors (Lipinski definition) is 2. The summed E-state index contributed by atoms with van der Waals surface area (Å²) in [5.74, 6) is 0.718. The standard InChI is InChI=1S/C8H12O2/c1-3-7-4-5-8(7)10-6(2)9/h3-5H2,1-2H3. The molecule has 0 saturated carbocycles. The molecule has 0 bridgehead atoms. The third-order valence-corrected chi connectivity index (χ3v) is 1.74. The highest BCUT2D eigenvalue weighted by Crippen LogP contribution is 2.30. The zero-order valence-electron chi connectivity index (χ0n) is 6.44. The number of carbonyl (C=O) groups is 1. The van der Waals surface area contributed by atoms with E-state index in [1.54, 1.807) is 0 Å². The van der Waals surface area contributed by atoms with Crippen LogP contribution in [0.1, 0.15) is 33.1 Å². The number of carbonyl (C=O) groups excluding carboxylic acids is 1. The number of rotatable bonds is 2. The molecule has 0 spiro atoms. The second-order valence-electron chi connectivity index (χ2n) is 2.47. The third-order valence-electron chi connectivity index (χ3n) is 1.74. The Bertz CT molecular complexity index is 180. The summed E-state index contributed by atoms with van der Waals surface area (Å²) in [6, 6.07) is 0. The Morgan fingerprint density at radius 3 is 2.60 bits per heavy atom. The second kappa shape index (κ2) is 2.86. The van der Waals surface area contributed by atoms with E-state index in [2.05, 4.69) is 6.92 Å². The Hall–Kier alpha value is -0.790. The Morgan fingerprint density at radius 2 is 2.30 bits per heavy atom. The van der Waals surface area contributed by atoms with Gasteiger partial charge in [0.05, 0.1) is 0 Å². The van der Waals surface area contributed by atoms with Crippen molar-refractivity contribution in [2.45, 2.75) is 33.1 Å². The first-order valence-corrected chi connectivity index (χ1v) is 3.63. The topological polar surface area (TPSA) is 26.3 Å². The fourth-order valence-electron chi connectivity index (χ4n) is 1.07. The van der Waals surface area contributed by atoms with Crippen LogP contribution in [-0.4, -0.2) is 5.97 Å². The monoisotopic (exact) mass is 140 g/mol. The molecule has 0 aliphatic heterocycles. The van der Waals surface area contributed by atoms with Crippen molar-refractivity contribution in [1.82, 2.24) is 0 Å². The van der Waals surface area contributed by atoms with E-state index in [0.29, 0.717) is 0 Å². The molecule has 0 N–H and O–H groups in total. The van der Waals surface area contributed by atoms with Gasteiger partial charge in [0.15, 0.2) is 0 Å². The molecule has 0 saturated heterocycles. The zero-order valence-corrected chi connectivity index (χ0v) is 6.44. The average molecular weight is 140 g/mol. The lowest BCUT2D eigenvalue weighted by Gasteiger charge is -2.20. The van der Waals surface area contributed by atoms with Crippen LogP contribution in [0.15, 0.2) is 11.3 Å². The highest BCUT2D eigenvalue weighted by molar-refractivity contribution is 5.67. The first-order valence-electron chi connectivity index (χ1n) is 3.63. The van der Waals surface area contributed by atoms with Crippen LogP contribution in [0.25, 0.3) is 0 Å². The molecule has 0 atom stereocenters. The van der Waals surface area contributed by atoms with Crippen molar-refractivity contribution in [3.05, 3.63) is 11.3 Å². The van der Waals surface area contributed by atoms with Crippen LogP contribution in [0, 0.1) is 0 Å². The Balaban J connectivity index is 2.49. The van der Waals surface area contributed by atoms with Crippen LogP contribution in [0.5, 0.6) is 0 Å². The molecular formula is C8H12O2. The van der Waals surface area contributed by atoms with Crippen molar-refractivity contribution >= 4 is 5.97 Å². The summed E-state index contributed by atoms with van der Waals surface area (Å²) in [5, 5.41) is 0. The average Bonchev–Trinajstić information content (AvgIpc) is 1.82. The molecule has 0 aromatic rings. The molecule has 0 unspecified atom stereocenters. The summed E-state index contributed by atoms with van der Waals surface area (Å²) >= 11 is 0. The maximum absolute atomic E-state index is 10.5. The van der Waals surface area contributed by atoms with E-state index in [4.69, 9.17) is 4.74 Å². The predicted molar refractivity (Wildman–Crippen MR) is 38.3 cm³/mol. The maximum atomic E-state index is 10.5. The molecule has 2 heteroatoms. The van der Waals surface area contributed by atoms with Crippen LogP contribution < -0.4 is 0 Å². The van der Waals surface area contributed by atoms with E-state index >= 15 is 0 Å². The van der Waals surface area contributed by atoms with Crippen molar-refractivity contribution in [1.29, 1.82) is 0 Å². The minimum absolute atomic E-state index is 0.194. The van der Waals surface area contributed by atoms with Gasteiger partial charge >= 0.3 is 5.97 Å². The lowest BCUT2D eigenvalue weighted by Crippen LogP contribution is -2.09. The maximum Gasteiger partial charge on any atom is 0.307 e. The predicted octanol–water partition coefficient (Wildman–Crippen LogP) is 2.01. The van der Waals surface area contributed by atoms with Gasteiger partial charge in [-0.1, -0.05) is 6.92 Å². The first kappa shape index (κ1) is 7.32. The summed E-state index contributed by atoms with van der Waals surface area (Å²) < 4.78 is 4.93. The third kappa shape index (κ3) is 1.38. The van der Waals surface area contributed by atoms with Gasteiger partial charge < -0.3 is 4.74 Å². The van der Waals surface area contributed by atoms with Crippen molar-refractivity contribution in [2.24, 2.45) is 0 Å². The van der Waals surface area contributed by atoms with Crippen LogP contribution in [0.4, 0.5) is 0 Å². The van der Waals surface area contributed by atoms with Crippen LogP contribution in [0.2, 0.25) is 0 Å². The van der Waals surface area contributed by atoms with E-state index < -0.39 is 0 Å². The largest absolute Gasteiger partial charge is 0.431 e. The summed E-state index contributed by atoms with van der Waals surface area (Å²) in [7, 11) is 0. The normalized spacial score (nSPS) is 16.6. The molecule has 0 aromatic heterocycles. The molecule has 0 heterocycles. The fourth-order valence-corrected chi connectivity index (χ4v) is 1.07. The van der Waals surface area contributed by atoms with Crippen molar-refractivity contribution in [3.63, 3.8) is 0 Å². The molecule has 0 aromatic carbocycles. The highest BCUT2D eigenvalue weighted by atomic mass is 16.5. The van der Waals surface area contributed by atoms with Gasteiger partial charge in [-0.2, -0.15) is 0 Å². The van der Waals surface area contributed by atoms with Gasteiger partial charge in [-0.15, -0.1) is 0 Å². The summed E-state index contributed by atoms with van der Waals surface area (Å²) in [6.07, 6.45) is 3.07. The number of esters is 1. The van der Waals surface area contributed by atoms with Gasteiger partial charge in [-0.25, -0.2) is 0 Å². The molecule has 0 fully saturated rings. The minimum Gasteiger partial charge on any atom is -0.431 e. The molecular weight excluding hydrogens is 128 g/mol. The smallest absolute Gasteiger partial charge is 0.307 e. The minimum atomic E-state index is -0.194. The second-order valence-corrected chi connectivity index (χ2v) is 2.47. The van der Waals surface area contributed by atoms with Crippen molar-refractivity contribution in [3.8, 4) is 0 Å². The Morgan fingerprint density at radius 1 is 1.60 bits per heavy atom. The molecule has 1 rings (SSSR count). The molecule has 56 valence electrons. The van der Waals surface area contributed by atoms with Crippen molar-refractivity contribution < 1.29 is 9.53 Å². The Kier molecular flexibility index (Phi) is 2.10. The van der Waals surface area contributed by atoms with Gasteiger partial charge in [0.1, 0.15) is 5.76 Å². The van der Waals surface area contributed by atoms with Crippen LogP contribution in [-0.2, 0) is 9.53 Å². The molecule has 10 heavy (non-hydrogen) atoms. The lowest BCUT2D eigenvalue weighted by atomic mass is 9.94. The number of allylic oxidation sites excluding steroid dienone is 2. The number of ether oxygens (including phenoxy) is 1. The summed E-state index contributed by atoms with van der Waals surface area (Å²) in [5.41, 5.74) is 1.30. The first-order chi connectivity index (χ1) is 4.74. The van der Waals surface area contributed by atoms with Crippen molar-refractivity contribution in [2.75, 3.05) is 0 Å². The van der Waals surface area contributed by atoms with E-state index in [1.807, 2.05) is 0 Å². The fraction of sp³-hybridized carbons (Fsp3) is 0.625. The van der Waals surface area contributed by atoms with Gasteiger partial charge in [-0.05, 0) is 18.4 Å². The van der Waals surface area contributed by atoms with Gasteiger partial charge in [0.2, 0.25) is 0 Å². The van der Waals surface area contributed by atoms with Crippen LogP contribution in [0.3, 0.4) is 0 Å². The van der Waals surface area contributed by atoms with E-state index in [0.717, 1.165) is 25.0 Å². The van der Waals surface area contributed by atoms with E-state index in [-0.39, 0.29) is 5.97 Å². The molecule has 2 nitrogen and oxygen atoms in total.